The van der Waals surface area contributed by atoms with E-state index < -0.39 is 0 Å². The number of benzene rings is 1. The molecule has 2 rings (SSSR count). The summed E-state index contributed by atoms with van der Waals surface area (Å²) in [6, 6.07) is 11.5. The molecule has 1 aliphatic rings. The fourth-order valence-electron chi connectivity index (χ4n) is 2.40. The predicted octanol–water partition coefficient (Wildman–Crippen LogP) is 2.46. The molecule has 1 fully saturated rings. The third-order valence-corrected chi connectivity index (χ3v) is 3.74. The van der Waals surface area contributed by atoms with Gasteiger partial charge in [-0.2, -0.15) is 0 Å². The van der Waals surface area contributed by atoms with Crippen LogP contribution in [0.4, 0.5) is 0 Å². The van der Waals surface area contributed by atoms with E-state index in [1.54, 1.807) is 0 Å². The fourth-order valence-corrected chi connectivity index (χ4v) is 2.40. The highest BCUT2D eigenvalue weighted by Gasteiger charge is 2.27. The highest BCUT2D eigenvalue weighted by atomic mass is 15.0. The van der Waals surface area contributed by atoms with Crippen molar-refractivity contribution < 1.29 is 0 Å². The molecule has 0 aromatic heterocycles. The molecule has 0 bridgehead atoms. The molecule has 0 saturated heterocycles. The van der Waals surface area contributed by atoms with E-state index in [1.807, 2.05) is 0 Å². The van der Waals surface area contributed by atoms with E-state index >= 15 is 0 Å². The van der Waals surface area contributed by atoms with Gasteiger partial charge < -0.3 is 11.1 Å². The van der Waals surface area contributed by atoms with Crippen LogP contribution in [-0.4, -0.2) is 12.6 Å². The average Bonchev–Trinajstić information content (AvgIpc) is 2.26. The molecule has 1 aromatic rings. The van der Waals surface area contributed by atoms with Crippen molar-refractivity contribution in [2.24, 2.45) is 11.7 Å². The molecule has 88 valence electrons. The lowest BCUT2D eigenvalue weighted by Gasteiger charge is -2.35. The summed E-state index contributed by atoms with van der Waals surface area (Å²) in [4.78, 5) is 0. The highest BCUT2D eigenvalue weighted by molar-refractivity contribution is 5.18. The van der Waals surface area contributed by atoms with Gasteiger partial charge >= 0.3 is 0 Å². The molecule has 2 atom stereocenters. The first-order chi connectivity index (χ1) is 7.81. The highest BCUT2D eigenvalue weighted by Crippen LogP contribution is 2.30. The Hall–Kier alpha value is -0.860. The van der Waals surface area contributed by atoms with Crippen LogP contribution < -0.4 is 11.1 Å². The second-order valence-electron chi connectivity index (χ2n) is 4.83. The summed E-state index contributed by atoms with van der Waals surface area (Å²) in [5.74, 6) is 0.802. The minimum Gasteiger partial charge on any atom is -0.329 e. The molecule has 3 N–H and O–H groups in total. The second-order valence-corrected chi connectivity index (χ2v) is 4.83. The van der Waals surface area contributed by atoms with Gasteiger partial charge in [-0.3, -0.25) is 0 Å². The summed E-state index contributed by atoms with van der Waals surface area (Å²) < 4.78 is 0. The van der Waals surface area contributed by atoms with Crippen molar-refractivity contribution in [2.45, 2.75) is 38.3 Å². The molecule has 0 aliphatic heterocycles. The topological polar surface area (TPSA) is 38.0 Å². The van der Waals surface area contributed by atoms with Gasteiger partial charge in [-0.1, -0.05) is 36.8 Å². The Bertz CT molecular complexity index is 306. The molecule has 0 spiro atoms. The van der Waals surface area contributed by atoms with Crippen molar-refractivity contribution in [1.29, 1.82) is 0 Å². The van der Waals surface area contributed by atoms with Crippen LogP contribution in [0.1, 0.15) is 37.8 Å². The third-order valence-electron chi connectivity index (χ3n) is 3.74. The number of hydrogen-bond donors (Lipinski definition) is 2. The Morgan fingerprint density at radius 2 is 2.00 bits per heavy atom. The van der Waals surface area contributed by atoms with E-state index in [0.717, 1.165) is 12.5 Å². The Labute approximate surface area is 98.2 Å². The van der Waals surface area contributed by atoms with E-state index in [0.29, 0.717) is 12.1 Å². The third kappa shape index (κ3) is 2.63. The van der Waals surface area contributed by atoms with Crippen LogP contribution in [0.2, 0.25) is 0 Å². The van der Waals surface area contributed by atoms with Crippen molar-refractivity contribution in [3.63, 3.8) is 0 Å². The van der Waals surface area contributed by atoms with Crippen molar-refractivity contribution in [1.82, 2.24) is 5.32 Å². The summed E-state index contributed by atoms with van der Waals surface area (Å²) in [7, 11) is 0. The minimum atomic E-state index is 0.398. The van der Waals surface area contributed by atoms with Gasteiger partial charge in [0.15, 0.2) is 0 Å². The van der Waals surface area contributed by atoms with E-state index in [-0.39, 0.29) is 0 Å². The molecule has 16 heavy (non-hydrogen) atoms. The molecule has 1 aliphatic carbocycles. The summed E-state index contributed by atoms with van der Waals surface area (Å²) in [5, 5.41) is 3.66. The summed E-state index contributed by atoms with van der Waals surface area (Å²) in [6.07, 6.45) is 4.06. The van der Waals surface area contributed by atoms with Gasteiger partial charge in [0, 0.05) is 18.6 Å². The molecular weight excluding hydrogens is 196 g/mol. The number of hydrogen-bond acceptors (Lipinski definition) is 2. The van der Waals surface area contributed by atoms with E-state index in [4.69, 9.17) is 5.73 Å². The SMILES string of the molecule is CC(NC(CN)C1CCC1)c1ccccc1. The van der Waals surface area contributed by atoms with E-state index in [9.17, 15) is 0 Å². The quantitative estimate of drug-likeness (QED) is 0.796. The monoisotopic (exact) mass is 218 g/mol. The van der Waals surface area contributed by atoms with Gasteiger partial charge in [0.1, 0.15) is 0 Å². The van der Waals surface area contributed by atoms with Gasteiger partial charge in [0.2, 0.25) is 0 Å². The number of nitrogens with one attached hydrogen (secondary N) is 1. The van der Waals surface area contributed by atoms with E-state index in [1.165, 1.54) is 24.8 Å². The molecule has 1 aromatic carbocycles. The average molecular weight is 218 g/mol. The zero-order valence-electron chi connectivity index (χ0n) is 10.0. The fraction of sp³-hybridized carbons (Fsp3) is 0.571. The predicted molar refractivity (Wildman–Crippen MR) is 68.2 cm³/mol. The lowest BCUT2D eigenvalue weighted by Crippen LogP contribution is -2.45. The minimum absolute atomic E-state index is 0.398. The van der Waals surface area contributed by atoms with Crippen molar-refractivity contribution in [3.8, 4) is 0 Å². The first-order valence-corrected chi connectivity index (χ1v) is 6.32. The van der Waals surface area contributed by atoms with Crippen molar-refractivity contribution >= 4 is 0 Å². The standard InChI is InChI=1S/C14H22N2/c1-11(12-6-3-2-4-7-12)16-14(10-15)13-8-5-9-13/h2-4,6-7,11,13-14,16H,5,8-10,15H2,1H3. The van der Waals surface area contributed by atoms with Crippen LogP contribution in [0.15, 0.2) is 30.3 Å². The summed E-state index contributed by atoms with van der Waals surface area (Å²) in [5.41, 5.74) is 7.19. The molecule has 2 unspecified atom stereocenters. The van der Waals surface area contributed by atoms with Gasteiger partial charge in [-0.15, -0.1) is 0 Å². The molecule has 0 amide bonds. The lowest BCUT2D eigenvalue weighted by atomic mass is 9.79. The van der Waals surface area contributed by atoms with E-state index in [2.05, 4.69) is 42.6 Å². The lowest BCUT2D eigenvalue weighted by molar-refractivity contribution is 0.221. The molecule has 2 nitrogen and oxygen atoms in total. The van der Waals surface area contributed by atoms with Crippen molar-refractivity contribution in [3.05, 3.63) is 35.9 Å². The normalized spacial score (nSPS) is 20.1. The summed E-state index contributed by atoms with van der Waals surface area (Å²) in [6.45, 7) is 2.97. The Kier molecular flexibility index (Phi) is 3.97. The van der Waals surface area contributed by atoms with Crippen LogP contribution in [0, 0.1) is 5.92 Å². The number of rotatable bonds is 5. The zero-order valence-corrected chi connectivity index (χ0v) is 10.0. The molecule has 0 heterocycles. The maximum atomic E-state index is 5.85. The smallest absolute Gasteiger partial charge is 0.0294 e. The van der Waals surface area contributed by atoms with Crippen LogP contribution in [0.3, 0.4) is 0 Å². The summed E-state index contributed by atoms with van der Waals surface area (Å²) >= 11 is 0. The van der Waals surface area contributed by atoms with Crippen LogP contribution in [0.5, 0.6) is 0 Å². The van der Waals surface area contributed by atoms with Gasteiger partial charge in [-0.05, 0) is 31.2 Å². The Balaban J connectivity index is 1.92. The zero-order chi connectivity index (χ0) is 11.4. The van der Waals surface area contributed by atoms with Gasteiger partial charge in [0.25, 0.3) is 0 Å². The van der Waals surface area contributed by atoms with Crippen LogP contribution >= 0.6 is 0 Å². The molecule has 0 radical (unpaired) electrons. The molecule has 1 saturated carbocycles. The maximum Gasteiger partial charge on any atom is 0.0294 e. The molecular formula is C14H22N2. The van der Waals surface area contributed by atoms with Gasteiger partial charge in [-0.25, -0.2) is 0 Å². The molecule has 2 heteroatoms. The second kappa shape index (κ2) is 5.46. The van der Waals surface area contributed by atoms with Gasteiger partial charge in [0.05, 0.1) is 0 Å². The number of nitrogens with two attached hydrogens (primary N) is 1. The van der Waals surface area contributed by atoms with Crippen LogP contribution in [-0.2, 0) is 0 Å². The maximum absolute atomic E-state index is 5.85. The van der Waals surface area contributed by atoms with Crippen molar-refractivity contribution in [2.75, 3.05) is 6.54 Å². The Morgan fingerprint density at radius 1 is 1.31 bits per heavy atom. The first kappa shape index (κ1) is 11.6. The van der Waals surface area contributed by atoms with Crippen LogP contribution in [0.25, 0.3) is 0 Å². The first-order valence-electron chi connectivity index (χ1n) is 6.32. The largest absolute Gasteiger partial charge is 0.329 e. The Morgan fingerprint density at radius 3 is 2.50 bits per heavy atom.